The van der Waals surface area contributed by atoms with Crippen molar-refractivity contribution in [1.29, 1.82) is 0 Å². The summed E-state index contributed by atoms with van der Waals surface area (Å²) < 4.78 is 11.9. The summed E-state index contributed by atoms with van der Waals surface area (Å²) >= 11 is 1.16. The molecule has 0 radical (unpaired) electrons. The Hall–Kier alpha value is -4.11. The van der Waals surface area contributed by atoms with E-state index >= 15 is 0 Å². The van der Waals surface area contributed by atoms with E-state index < -0.39 is 0 Å². The van der Waals surface area contributed by atoms with Gasteiger partial charge in [-0.05, 0) is 80.6 Å². The Morgan fingerprint density at radius 2 is 1.51 bits per heavy atom. The predicted octanol–water partition coefficient (Wildman–Crippen LogP) is 4.52. The number of methoxy groups -OCH3 is 2. The number of fused-ring (bicyclic) bond motifs is 1. The first kappa shape index (κ1) is 26.0. The van der Waals surface area contributed by atoms with Crippen LogP contribution in [0.3, 0.4) is 0 Å². The molecule has 0 aliphatic rings. The molecule has 0 saturated heterocycles. The lowest BCUT2D eigenvalue weighted by atomic mass is 10.1. The van der Waals surface area contributed by atoms with Gasteiger partial charge in [0.15, 0.2) is 10.9 Å². The summed E-state index contributed by atoms with van der Waals surface area (Å²) in [6.07, 6.45) is 0. The van der Waals surface area contributed by atoms with Crippen molar-refractivity contribution in [2.45, 2.75) is 25.0 Å². The van der Waals surface area contributed by atoms with Crippen molar-refractivity contribution in [1.82, 2.24) is 14.9 Å². The lowest BCUT2D eigenvalue weighted by molar-refractivity contribution is 0.0942. The zero-order valence-corrected chi connectivity index (χ0v) is 21.8. The predicted molar refractivity (Wildman–Crippen MR) is 145 cm³/mol. The summed E-state index contributed by atoms with van der Waals surface area (Å²) in [7, 11) is 3.13. The van der Waals surface area contributed by atoms with Gasteiger partial charge in [0.25, 0.3) is 11.5 Å². The van der Waals surface area contributed by atoms with Crippen molar-refractivity contribution >= 4 is 34.4 Å². The number of hydrogen-bond acceptors (Lipinski definition) is 7. The van der Waals surface area contributed by atoms with E-state index in [0.717, 1.165) is 11.8 Å². The highest BCUT2D eigenvalue weighted by atomic mass is 32.2. The molecule has 0 saturated carbocycles. The van der Waals surface area contributed by atoms with Crippen LogP contribution < -0.4 is 20.3 Å². The molecule has 4 aromatic rings. The molecular formula is C28H27N3O5S. The first-order chi connectivity index (χ1) is 17.8. The number of amides is 1. The van der Waals surface area contributed by atoms with Crippen LogP contribution in [0.4, 0.5) is 0 Å². The van der Waals surface area contributed by atoms with E-state index in [1.807, 2.05) is 13.8 Å². The molecule has 1 N–H and O–H groups in total. The van der Waals surface area contributed by atoms with Gasteiger partial charge in [0.1, 0.15) is 11.5 Å². The van der Waals surface area contributed by atoms with Crippen molar-refractivity contribution in [2.24, 2.45) is 0 Å². The largest absolute Gasteiger partial charge is 0.497 e. The van der Waals surface area contributed by atoms with Crippen LogP contribution in [0.5, 0.6) is 11.5 Å². The van der Waals surface area contributed by atoms with E-state index in [0.29, 0.717) is 44.4 Å². The highest BCUT2D eigenvalue weighted by Gasteiger charge is 2.17. The monoisotopic (exact) mass is 517 g/mol. The van der Waals surface area contributed by atoms with Gasteiger partial charge in [-0.15, -0.1) is 0 Å². The number of thioether (sulfide) groups is 1. The molecule has 1 heterocycles. The molecule has 0 bridgehead atoms. The molecule has 0 fully saturated rings. The fourth-order valence-electron chi connectivity index (χ4n) is 3.70. The molecule has 0 atom stereocenters. The summed E-state index contributed by atoms with van der Waals surface area (Å²) in [6, 6.07) is 18.7. The number of nitrogens with one attached hydrogen (secondary N) is 1. The highest BCUT2D eigenvalue weighted by Crippen LogP contribution is 2.24. The smallest absolute Gasteiger partial charge is 0.266 e. The van der Waals surface area contributed by atoms with E-state index in [1.165, 1.54) is 4.57 Å². The van der Waals surface area contributed by atoms with Crippen LogP contribution in [0.25, 0.3) is 16.6 Å². The van der Waals surface area contributed by atoms with Crippen molar-refractivity contribution in [2.75, 3.05) is 20.0 Å². The van der Waals surface area contributed by atoms with Gasteiger partial charge in [-0.25, -0.2) is 4.98 Å². The molecule has 190 valence electrons. The number of rotatable bonds is 9. The van der Waals surface area contributed by atoms with Gasteiger partial charge in [0.05, 0.1) is 36.6 Å². The van der Waals surface area contributed by atoms with E-state index in [9.17, 15) is 14.4 Å². The van der Waals surface area contributed by atoms with E-state index in [4.69, 9.17) is 14.5 Å². The lowest BCUT2D eigenvalue weighted by Gasteiger charge is -2.14. The van der Waals surface area contributed by atoms with Crippen molar-refractivity contribution < 1.29 is 19.1 Å². The molecule has 0 spiro atoms. The molecule has 9 heteroatoms. The molecule has 3 aromatic carbocycles. The summed E-state index contributed by atoms with van der Waals surface area (Å²) in [6.45, 7) is 3.75. The van der Waals surface area contributed by atoms with Crippen LogP contribution in [-0.2, 0) is 0 Å². The third-order valence-electron chi connectivity index (χ3n) is 5.60. The quantitative estimate of drug-likeness (QED) is 0.198. The molecule has 0 aliphatic carbocycles. The number of ketones is 1. The fourth-order valence-corrected chi connectivity index (χ4v) is 4.61. The summed E-state index contributed by atoms with van der Waals surface area (Å²) in [5.74, 6) is 1.00. The number of benzene rings is 3. The van der Waals surface area contributed by atoms with Crippen LogP contribution in [-0.4, -0.2) is 47.3 Å². The second-order valence-electron chi connectivity index (χ2n) is 8.53. The maximum absolute atomic E-state index is 13.6. The molecule has 4 rings (SSSR count). The Balaban J connectivity index is 1.76. The van der Waals surface area contributed by atoms with Crippen LogP contribution in [0.2, 0.25) is 0 Å². The Labute approximate surface area is 218 Å². The summed E-state index contributed by atoms with van der Waals surface area (Å²) in [4.78, 5) is 43.8. The zero-order chi connectivity index (χ0) is 26.5. The van der Waals surface area contributed by atoms with Crippen molar-refractivity contribution in [3.05, 3.63) is 88.2 Å². The van der Waals surface area contributed by atoms with Gasteiger partial charge in [0.2, 0.25) is 0 Å². The first-order valence-electron chi connectivity index (χ1n) is 11.6. The van der Waals surface area contributed by atoms with Crippen LogP contribution in [0, 0.1) is 0 Å². The van der Waals surface area contributed by atoms with Gasteiger partial charge >= 0.3 is 0 Å². The SMILES string of the molecule is COc1ccc(C(=O)CSc2nc3cc(C(=O)NC(C)C)ccc3c(=O)n2-c2ccc(OC)cc2)cc1. The number of carbonyl (C=O) groups excluding carboxylic acids is 2. The number of Topliss-reactive ketones (excluding diaryl/α,β-unsaturated/α-hetero) is 1. The number of aromatic nitrogens is 2. The zero-order valence-electron chi connectivity index (χ0n) is 21.0. The maximum atomic E-state index is 13.6. The third kappa shape index (κ3) is 5.83. The number of hydrogen-bond donors (Lipinski definition) is 1. The molecular weight excluding hydrogens is 490 g/mol. The van der Waals surface area contributed by atoms with Crippen LogP contribution in [0.1, 0.15) is 34.6 Å². The topological polar surface area (TPSA) is 99.5 Å². The second kappa shape index (κ2) is 11.3. The van der Waals surface area contributed by atoms with Gasteiger partial charge in [-0.3, -0.25) is 19.0 Å². The summed E-state index contributed by atoms with van der Waals surface area (Å²) in [5, 5.41) is 3.55. The Kier molecular flexibility index (Phi) is 7.93. The number of carbonyl (C=O) groups is 2. The van der Waals surface area contributed by atoms with E-state index in [1.54, 1.807) is 80.9 Å². The highest BCUT2D eigenvalue weighted by molar-refractivity contribution is 7.99. The van der Waals surface area contributed by atoms with Crippen molar-refractivity contribution in [3.8, 4) is 17.2 Å². The normalized spacial score (nSPS) is 10.9. The minimum absolute atomic E-state index is 0.0330. The van der Waals surface area contributed by atoms with Crippen LogP contribution in [0.15, 0.2) is 76.7 Å². The average Bonchev–Trinajstić information content (AvgIpc) is 2.91. The van der Waals surface area contributed by atoms with E-state index in [2.05, 4.69) is 5.32 Å². The van der Waals surface area contributed by atoms with Gasteiger partial charge in [-0.2, -0.15) is 0 Å². The maximum Gasteiger partial charge on any atom is 0.266 e. The number of nitrogens with zero attached hydrogens (tertiary/aromatic N) is 2. The lowest BCUT2D eigenvalue weighted by Crippen LogP contribution is -2.30. The molecule has 37 heavy (non-hydrogen) atoms. The van der Waals surface area contributed by atoms with E-state index in [-0.39, 0.29) is 29.0 Å². The fraction of sp³-hybridized carbons (Fsp3) is 0.214. The Bertz CT molecular complexity index is 1500. The third-order valence-corrected chi connectivity index (χ3v) is 6.53. The molecule has 0 aliphatic heterocycles. The average molecular weight is 518 g/mol. The molecule has 8 nitrogen and oxygen atoms in total. The first-order valence-corrected chi connectivity index (χ1v) is 12.6. The van der Waals surface area contributed by atoms with Gasteiger partial charge in [0, 0.05) is 17.2 Å². The van der Waals surface area contributed by atoms with Gasteiger partial charge < -0.3 is 14.8 Å². The number of ether oxygens (including phenoxy) is 2. The van der Waals surface area contributed by atoms with Gasteiger partial charge in [-0.1, -0.05) is 11.8 Å². The molecule has 0 unspecified atom stereocenters. The minimum Gasteiger partial charge on any atom is -0.497 e. The Morgan fingerprint density at radius 3 is 2.11 bits per heavy atom. The molecule has 1 aromatic heterocycles. The molecule has 1 amide bonds. The van der Waals surface area contributed by atoms with Crippen LogP contribution >= 0.6 is 11.8 Å². The van der Waals surface area contributed by atoms with Crippen molar-refractivity contribution in [3.63, 3.8) is 0 Å². The standard InChI is InChI=1S/C28H27N3O5S/c1-17(2)29-26(33)19-7-14-23-24(15-19)30-28(31(27(23)34)20-8-12-22(36-4)13-9-20)37-16-25(32)18-5-10-21(35-3)11-6-18/h5-15,17H,16H2,1-4H3,(H,29,33). The minimum atomic E-state index is -0.301. The summed E-state index contributed by atoms with van der Waals surface area (Å²) in [5.41, 5.74) is 1.60. The Morgan fingerprint density at radius 1 is 0.919 bits per heavy atom. The second-order valence-corrected chi connectivity index (χ2v) is 9.48.